The molecule has 3 aromatic rings. The Balaban J connectivity index is 1.76. The quantitative estimate of drug-likeness (QED) is 0.334. The van der Waals surface area contributed by atoms with Gasteiger partial charge in [-0.05, 0) is 29.8 Å². The zero-order valence-electron chi connectivity index (χ0n) is 15.3. The Morgan fingerprint density at radius 1 is 1.06 bits per heavy atom. The van der Waals surface area contributed by atoms with Crippen LogP contribution in [-0.4, -0.2) is 31.0 Å². The van der Waals surface area contributed by atoms with Gasteiger partial charge >= 0.3 is 17.6 Å². The first-order valence-electron chi connectivity index (χ1n) is 8.23. The largest absolute Gasteiger partial charge is 0.501 e. The molecule has 32 heavy (non-hydrogen) atoms. The number of rotatable bonds is 4. The van der Waals surface area contributed by atoms with E-state index in [1.54, 1.807) is 0 Å². The molecule has 8 nitrogen and oxygen atoms in total. The Bertz CT molecular complexity index is 1310. The van der Waals surface area contributed by atoms with Gasteiger partial charge in [-0.25, -0.2) is 18.8 Å². The van der Waals surface area contributed by atoms with Gasteiger partial charge < -0.3 is 10.2 Å². The van der Waals surface area contributed by atoms with E-state index in [9.17, 15) is 39.6 Å². The topological polar surface area (TPSA) is 128 Å². The molecule has 0 saturated heterocycles. The second kappa shape index (κ2) is 7.81. The number of hydrogen-bond acceptors (Lipinski definition) is 7. The van der Waals surface area contributed by atoms with Gasteiger partial charge in [0.15, 0.2) is 0 Å². The van der Waals surface area contributed by atoms with Crippen molar-refractivity contribution in [3.8, 4) is 0 Å². The molecular formula is C17H10F6N4O4S. The fourth-order valence-electron chi connectivity index (χ4n) is 2.41. The van der Waals surface area contributed by atoms with Gasteiger partial charge in [0.2, 0.25) is 11.5 Å². The fourth-order valence-corrected chi connectivity index (χ4v) is 3.17. The molecule has 0 aliphatic heterocycles. The maximum Gasteiger partial charge on any atom is 0.501 e. The number of fused-ring (bicyclic) bond motifs is 1. The van der Waals surface area contributed by atoms with E-state index in [0.717, 1.165) is 24.4 Å². The number of nitrogens with zero attached hydrogens (tertiary/aromatic N) is 2. The minimum Gasteiger partial charge on any atom is -0.430 e. The summed E-state index contributed by atoms with van der Waals surface area (Å²) in [5.41, 5.74) is 0.283. The molecule has 0 spiro atoms. The standard InChI is InChI=1S/C17H10F6N4O4S/c18-16(19,20)11-6-5-10-12(24)13(31-15(10)26-11)14(28)27-25-7-8-1-3-9(4-2-8)32(29,30)17(21,22)23/h1-7H,24H2,(H,27,28)/b25-7+. The van der Waals surface area contributed by atoms with Crippen molar-refractivity contribution >= 4 is 38.7 Å². The number of carbonyl (C=O) groups is 1. The number of anilines is 1. The summed E-state index contributed by atoms with van der Waals surface area (Å²) >= 11 is 0. The summed E-state index contributed by atoms with van der Waals surface area (Å²) in [6.07, 6.45) is -3.77. The molecule has 0 saturated carbocycles. The summed E-state index contributed by atoms with van der Waals surface area (Å²) in [6.45, 7) is 0. The molecule has 0 unspecified atom stereocenters. The minimum atomic E-state index is -5.51. The fraction of sp³-hybridized carbons (Fsp3) is 0.118. The molecule has 0 aliphatic carbocycles. The van der Waals surface area contributed by atoms with Crippen molar-refractivity contribution in [3.05, 3.63) is 53.4 Å². The third kappa shape index (κ3) is 4.37. The third-order valence-electron chi connectivity index (χ3n) is 3.97. The predicted octanol–water partition coefficient (Wildman–Crippen LogP) is 3.49. The molecule has 15 heteroatoms. The summed E-state index contributed by atoms with van der Waals surface area (Å²) in [5.74, 6) is -1.60. The van der Waals surface area contributed by atoms with Crippen LogP contribution in [0.4, 0.5) is 32.0 Å². The van der Waals surface area contributed by atoms with E-state index in [2.05, 4.69) is 10.1 Å². The smallest absolute Gasteiger partial charge is 0.430 e. The molecule has 2 aromatic heterocycles. The van der Waals surface area contributed by atoms with Crippen LogP contribution < -0.4 is 11.2 Å². The highest BCUT2D eigenvalue weighted by Gasteiger charge is 2.46. The first-order chi connectivity index (χ1) is 14.7. The lowest BCUT2D eigenvalue weighted by Gasteiger charge is -2.07. The SMILES string of the molecule is Nc1c(C(=O)N/N=C/c2ccc(S(=O)(=O)C(F)(F)F)cc2)oc2nc(C(F)(F)F)ccc12. The van der Waals surface area contributed by atoms with E-state index in [4.69, 9.17) is 10.2 Å². The van der Waals surface area contributed by atoms with Crippen LogP contribution in [0.2, 0.25) is 0 Å². The monoisotopic (exact) mass is 480 g/mol. The number of sulfone groups is 1. The number of carbonyl (C=O) groups excluding carboxylic acids is 1. The van der Waals surface area contributed by atoms with E-state index < -0.39 is 49.5 Å². The summed E-state index contributed by atoms with van der Waals surface area (Å²) in [7, 11) is -5.51. The molecule has 3 N–H and O–H groups in total. The van der Waals surface area contributed by atoms with Crippen molar-refractivity contribution in [1.29, 1.82) is 0 Å². The van der Waals surface area contributed by atoms with Crippen molar-refractivity contribution in [2.45, 2.75) is 16.6 Å². The molecule has 1 amide bonds. The lowest BCUT2D eigenvalue weighted by Crippen LogP contribution is -2.23. The van der Waals surface area contributed by atoms with E-state index >= 15 is 0 Å². The second-order valence-electron chi connectivity index (χ2n) is 6.11. The van der Waals surface area contributed by atoms with Crippen LogP contribution in [0.15, 0.2) is 50.8 Å². The van der Waals surface area contributed by atoms with E-state index in [1.807, 2.05) is 5.43 Å². The number of nitrogens with one attached hydrogen (secondary N) is 1. The maximum atomic E-state index is 12.7. The normalized spacial score (nSPS) is 13.1. The summed E-state index contributed by atoms with van der Waals surface area (Å²) < 4.78 is 103. The van der Waals surface area contributed by atoms with E-state index in [0.29, 0.717) is 18.2 Å². The molecule has 0 atom stereocenters. The lowest BCUT2D eigenvalue weighted by atomic mass is 10.2. The van der Waals surface area contributed by atoms with Crippen molar-refractivity contribution in [2.24, 2.45) is 5.10 Å². The highest BCUT2D eigenvalue weighted by molar-refractivity contribution is 7.92. The summed E-state index contributed by atoms with van der Waals surface area (Å²) in [5, 5.41) is 3.48. The van der Waals surface area contributed by atoms with Gasteiger partial charge in [-0.2, -0.15) is 31.4 Å². The molecule has 1 aromatic carbocycles. The first kappa shape index (κ1) is 23.1. The summed E-state index contributed by atoms with van der Waals surface area (Å²) in [6, 6.07) is 5.07. The molecule has 0 bridgehead atoms. The summed E-state index contributed by atoms with van der Waals surface area (Å²) in [4.78, 5) is 14.4. The second-order valence-corrected chi connectivity index (χ2v) is 8.05. The number of amides is 1. The van der Waals surface area contributed by atoms with Crippen LogP contribution >= 0.6 is 0 Å². The number of pyridine rings is 1. The van der Waals surface area contributed by atoms with Gasteiger partial charge in [-0.15, -0.1) is 0 Å². The van der Waals surface area contributed by atoms with Crippen LogP contribution in [0.25, 0.3) is 11.1 Å². The number of benzene rings is 1. The maximum absolute atomic E-state index is 12.7. The Morgan fingerprint density at radius 3 is 2.25 bits per heavy atom. The van der Waals surface area contributed by atoms with Gasteiger partial charge in [0.1, 0.15) is 5.69 Å². The van der Waals surface area contributed by atoms with Crippen molar-refractivity contribution < 1.29 is 44.0 Å². The van der Waals surface area contributed by atoms with Crippen molar-refractivity contribution in [3.63, 3.8) is 0 Å². The van der Waals surface area contributed by atoms with Crippen LogP contribution in [0.3, 0.4) is 0 Å². The average molecular weight is 480 g/mol. The van der Waals surface area contributed by atoms with Gasteiger partial charge in [0.25, 0.3) is 9.84 Å². The zero-order chi connectivity index (χ0) is 23.9. The van der Waals surface area contributed by atoms with Crippen LogP contribution in [0, 0.1) is 0 Å². The molecule has 170 valence electrons. The van der Waals surface area contributed by atoms with Crippen LogP contribution in [-0.2, 0) is 16.0 Å². The Labute approximate surface area is 174 Å². The first-order valence-corrected chi connectivity index (χ1v) is 9.71. The number of nitrogens with two attached hydrogens (primary N) is 1. The number of nitrogen functional groups attached to an aromatic ring is 1. The number of hydrogen-bond donors (Lipinski definition) is 2. The minimum absolute atomic E-state index is 0.0337. The molecule has 3 rings (SSSR count). The highest BCUT2D eigenvalue weighted by Crippen LogP contribution is 2.33. The van der Waals surface area contributed by atoms with E-state index in [-0.39, 0.29) is 16.6 Å². The zero-order valence-corrected chi connectivity index (χ0v) is 16.1. The van der Waals surface area contributed by atoms with Crippen LogP contribution in [0.5, 0.6) is 0 Å². The van der Waals surface area contributed by atoms with Gasteiger partial charge in [0, 0.05) is 0 Å². The molecular weight excluding hydrogens is 470 g/mol. The number of hydrazone groups is 1. The van der Waals surface area contributed by atoms with Gasteiger partial charge in [-0.1, -0.05) is 12.1 Å². The highest BCUT2D eigenvalue weighted by atomic mass is 32.2. The number of aromatic nitrogens is 1. The molecule has 2 heterocycles. The molecule has 0 fully saturated rings. The van der Waals surface area contributed by atoms with Crippen molar-refractivity contribution in [2.75, 3.05) is 5.73 Å². The Morgan fingerprint density at radius 2 is 1.69 bits per heavy atom. The number of alkyl halides is 6. The van der Waals surface area contributed by atoms with E-state index in [1.165, 1.54) is 0 Å². The molecule has 0 radical (unpaired) electrons. The third-order valence-corrected chi connectivity index (χ3v) is 5.47. The van der Waals surface area contributed by atoms with Crippen LogP contribution in [0.1, 0.15) is 21.8 Å². The number of halogens is 6. The number of furan rings is 1. The Hall–Kier alpha value is -3.62. The average Bonchev–Trinajstić information content (AvgIpc) is 3.03. The van der Waals surface area contributed by atoms with Crippen molar-refractivity contribution in [1.82, 2.24) is 10.4 Å². The lowest BCUT2D eigenvalue weighted by molar-refractivity contribution is -0.141. The van der Waals surface area contributed by atoms with Gasteiger partial charge in [0.05, 0.1) is 22.2 Å². The van der Waals surface area contributed by atoms with Gasteiger partial charge in [-0.3, -0.25) is 4.79 Å². The predicted molar refractivity (Wildman–Crippen MR) is 98.2 cm³/mol. The molecule has 0 aliphatic rings. The Kier molecular flexibility index (Phi) is 5.63.